The second kappa shape index (κ2) is 4.67. The lowest BCUT2D eigenvalue weighted by Crippen LogP contribution is -2.43. The van der Waals surface area contributed by atoms with Crippen molar-refractivity contribution in [2.75, 3.05) is 33.2 Å². The van der Waals surface area contributed by atoms with E-state index in [9.17, 15) is 4.79 Å². The molecule has 4 nitrogen and oxygen atoms in total. The molecule has 1 aromatic heterocycles. The van der Waals surface area contributed by atoms with E-state index in [-0.39, 0.29) is 5.91 Å². The Morgan fingerprint density at radius 3 is 2.79 bits per heavy atom. The van der Waals surface area contributed by atoms with Gasteiger partial charge in [-0.25, -0.2) is 0 Å². The number of likely N-dealkylation sites (tertiary alicyclic amines) is 2. The quantitative estimate of drug-likeness (QED) is 0.838. The van der Waals surface area contributed by atoms with Crippen molar-refractivity contribution in [1.82, 2.24) is 14.8 Å². The fraction of sp³-hybridized carbons (Fsp3) is 0.667. The van der Waals surface area contributed by atoms with Gasteiger partial charge in [0, 0.05) is 37.4 Å². The van der Waals surface area contributed by atoms with Crippen molar-refractivity contribution in [3.05, 3.63) is 23.5 Å². The fourth-order valence-corrected chi connectivity index (χ4v) is 3.74. The maximum absolute atomic E-state index is 12.5. The van der Waals surface area contributed by atoms with E-state index >= 15 is 0 Å². The highest BCUT2D eigenvalue weighted by atomic mass is 16.2. The summed E-state index contributed by atoms with van der Waals surface area (Å²) in [6.45, 7) is 6.18. The lowest BCUT2D eigenvalue weighted by molar-refractivity contribution is 0.0722. The van der Waals surface area contributed by atoms with Crippen LogP contribution in [-0.4, -0.2) is 53.9 Å². The highest BCUT2D eigenvalue weighted by Gasteiger charge is 2.42. The fourth-order valence-electron chi connectivity index (χ4n) is 3.74. The molecule has 2 aliphatic heterocycles. The first-order valence-corrected chi connectivity index (χ1v) is 7.21. The van der Waals surface area contributed by atoms with E-state index in [4.69, 9.17) is 0 Å². The molecule has 2 aliphatic rings. The van der Waals surface area contributed by atoms with Gasteiger partial charge in [-0.05, 0) is 45.3 Å². The van der Waals surface area contributed by atoms with Gasteiger partial charge in [-0.3, -0.25) is 4.79 Å². The molecule has 0 aromatic carbocycles. The van der Waals surface area contributed by atoms with Crippen molar-refractivity contribution < 1.29 is 4.79 Å². The molecule has 1 N–H and O–H groups in total. The average molecular weight is 261 g/mol. The third-order valence-electron chi connectivity index (χ3n) is 4.76. The molecule has 0 radical (unpaired) electrons. The number of rotatable bonds is 1. The van der Waals surface area contributed by atoms with Gasteiger partial charge in [0.25, 0.3) is 5.91 Å². The van der Waals surface area contributed by atoms with Gasteiger partial charge in [-0.15, -0.1) is 0 Å². The molecule has 1 atom stereocenters. The van der Waals surface area contributed by atoms with Crippen LogP contribution in [0.4, 0.5) is 0 Å². The summed E-state index contributed by atoms with van der Waals surface area (Å²) in [5, 5.41) is 0. The first-order valence-electron chi connectivity index (χ1n) is 7.21. The van der Waals surface area contributed by atoms with Crippen LogP contribution in [0.25, 0.3) is 0 Å². The van der Waals surface area contributed by atoms with Crippen LogP contribution in [0, 0.1) is 12.3 Å². The van der Waals surface area contributed by atoms with Crippen molar-refractivity contribution in [1.29, 1.82) is 0 Å². The summed E-state index contributed by atoms with van der Waals surface area (Å²) >= 11 is 0. The van der Waals surface area contributed by atoms with Crippen molar-refractivity contribution >= 4 is 5.91 Å². The van der Waals surface area contributed by atoms with E-state index in [1.54, 1.807) is 0 Å². The van der Waals surface area contributed by atoms with Crippen LogP contribution in [0.3, 0.4) is 0 Å². The van der Waals surface area contributed by atoms with Crippen LogP contribution in [-0.2, 0) is 0 Å². The maximum Gasteiger partial charge on any atom is 0.255 e. The predicted molar refractivity (Wildman–Crippen MR) is 75.2 cm³/mol. The lowest BCUT2D eigenvalue weighted by atomic mass is 9.79. The van der Waals surface area contributed by atoms with Gasteiger partial charge in [0.15, 0.2) is 0 Å². The molecule has 3 heterocycles. The van der Waals surface area contributed by atoms with Gasteiger partial charge < -0.3 is 14.8 Å². The normalized spacial score (nSPS) is 28.2. The third kappa shape index (κ3) is 2.29. The van der Waals surface area contributed by atoms with E-state index in [2.05, 4.69) is 21.8 Å². The summed E-state index contributed by atoms with van der Waals surface area (Å²) in [5.74, 6) is 0.198. The Morgan fingerprint density at radius 1 is 1.26 bits per heavy atom. The number of nitrogens with zero attached hydrogens (tertiary/aromatic N) is 2. The summed E-state index contributed by atoms with van der Waals surface area (Å²) in [5.41, 5.74) is 2.24. The minimum Gasteiger partial charge on any atom is -0.367 e. The molecule has 0 bridgehead atoms. The standard InChI is InChI=1S/C15H23N3O/c1-12-8-16-9-13(12)14(19)18-7-5-15(11-18)4-3-6-17(2)10-15/h8-9,16H,3-7,10-11H2,1-2H3/t15-/m0/s1. The zero-order chi connectivity index (χ0) is 13.5. The minimum atomic E-state index is 0.198. The average Bonchev–Trinajstić information content (AvgIpc) is 2.96. The molecule has 19 heavy (non-hydrogen) atoms. The molecule has 0 saturated carbocycles. The molecule has 0 unspecified atom stereocenters. The number of nitrogens with one attached hydrogen (secondary N) is 1. The van der Waals surface area contributed by atoms with Crippen LogP contribution in [0.5, 0.6) is 0 Å². The Bertz CT molecular complexity index is 481. The summed E-state index contributed by atoms with van der Waals surface area (Å²) in [6.07, 6.45) is 7.42. The number of aryl methyl sites for hydroxylation is 1. The highest BCUT2D eigenvalue weighted by molar-refractivity contribution is 5.95. The van der Waals surface area contributed by atoms with Crippen LogP contribution < -0.4 is 0 Å². The molecule has 3 rings (SSSR count). The Balaban J connectivity index is 1.72. The van der Waals surface area contributed by atoms with Crippen molar-refractivity contribution in [2.45, 2.75) is 26.2 Å². The summed E-state index contributed by atoms with van der Waals surface area (Å²) in [4.78, 5) is 20.0. The Kier molecular flexibility index (Phi) is 3.13. The number of amides is 1. The molecule has 2 saturated heterocycles. The number of aromatic amines is 1. The molecular weight excluding hydrogens is 238 g/mol. The van der Waals surface area contributed by atoms with Crippen LogP contribution in [0.2, 0.25) is 0 Å². The number of H-pyrrole nitrogens is 1. The van der Waals surface area contributed by atoms with Crippen molar-refractivity contribution in [3.63, 3.8) is 0 Å². The molecule has 0 aliphatic carbocycles. The molecule has 2 fully saturated rings. The second-order valence-electron chi connectivity index (χ2n) is 6.37. The number of piperidine rings is 1. The van der Waals surface area contributed by atoms with E-state index in [0.717, 1.165) is 37.2 Å². The topological polar surface area (TPSA) is 39.3 Å². The van der Waals surface area contributed by atoms with Gasteiger partial charge in [0.2, 0.25) is 0 Å². The maximum atomic E-state index is 12.5. The lowest BCUT2D eigenvalue weighted by Gasteiger charge is -2.38. The highest BCUT2D eigenvalue weighted by Crippen LogP contribution is 2.39. The number of hydrogen-bond acceptors (Lipinski definition) is 2. The monoisotopic (exact) mass is 261 g/mol. The Morgan fingerprint density at radius 2 is 2.11 bits per heavy atom. The molecule has 1 aromatic rings. The number of hydrogen-bond donors (Lipinski definition) is 1. The van der Waals surface area contributed by atoms with E-state index < -0.39 is 0 Å². The zero-order valence-corrected chi connectivity index (χ0v) is 11.9. The van der Waals surface area contributed by atoms with Gasteiger partial charge in [-0.2, -0.15) is 0 Å². The molecule has 1 amide bonds. The van der Waals surface area contributed by atoms with Gasteiger partial charge in [0.05, 0.1) is 5.56 Å². The smallest absolute Gasteiger partial charge is 0.255 e. The van der Waals surface area contributed by atoms with Crippen LogP contribution in [0.1, 0.15) is 35.2 Å². The van der Waals surface area contributed by atoms with Crippen LogP contribution >= 0.6 is 0 Å². The first-order chi connectivity index (χ1) is 9.10. The minimum absolute atomic E-state index is 0.198. The number of carbonyl (C=O) groups is 1. The van der Waals surface area contributed by atoms with Gasteiger partial charge >= 0.3 is 0 Å². The zero-order valence-electron chi connectivity index (χ0n) is 11.9. The Labute approximate surface area is 114 Å². The third-order valence-corrected chi connectivity index (χ3v) is 4.76. The van der Waals surface area contributed by atoms with Gasteiger partial charge in [-0.1, -0.05) is 0 Å². The van der Waals surface area contributed by atoms with Gasteiger partial charge in [0.1, 0.15) is 0 Å². The van der Waals surface area contributed by atoms with E-state index in [0.29, 0.717) is 5.41 Å². The van der Waals surface area contributed by atoms with E-state index in [1.807, 2.05) is 19.3 Å². The number of carbonyl (C=O) groups excluding carboxylic acids is 1. The van der Waals surface area contributed by atoms with Crippen molar-refractivity contribution in [3.8, 4) is 0 Å². The summed E-state index contributed by atoms with van der Waals surface area (Å²) < 4.78 is 0. The molecule has 104 valence electrons. The molecular formula is C15H23N3O. The van der Waals surface area contributed by atoms with E-state index in [1.165, 1.54) is 19.4 Å². The first kappa shape index (κ1) is 12.7. The number of aromatic nitrogens is 1. The summed E-state index contributed by atoms with van der Waals surface area (Å²) in [6, 6.07) is 0. The summed E-state index contributed by atoms with van der Waals surface area (Å²) in [7, 11) is 2.20. The predicted octanol–water partition coefficient (Wildman–Crippen LogP) is 1.88. The SMILES string of the molecule is Cc1c[nH]cc1C(=O)N1CC[C@]2(CCCN(C)C2)C1. The molecule has 1 spiro atoms. The largest absolute Gasteiger partial charge is 0.367 e. The van der Waals surface area contributed by atoms with Crippen LogP contribution in [0.15, 0.2) is 12.4 Å². The van der Waals surface area contributed by atoms with Crippen molar-refractivity contribution in [2.24, 2.45) is 5.41 Å². The second-order valence-corrected chi connectivity index (χ2v) is 6.37. The Hall–Kier alpha value is -1.29. The molecule has 4 heteroatoms.